The Morgan fingerprint density at radius 2 is 2.15 bits per heavy atom. The molecule has 3 aliphatic rings. The van der Waals surface area contributed by atoms with E-state index in [1.54, 1.807) is 6.20 Å². The van der Waals surface area contributed by atoms with Crippen molar-refractivity contribution in [3.05, 3.63) is 59.2 Å². The number of allylic oxidation sites excluding steroid dienone is 4. The number of hydrogen-bond acceptors (Lipinski definition) is 5. The van der Waals surface area contributed by atoms with Crippen molar-refractivity contribution in [2.45, 2.75) is 32.2 Å². The van der Waals surface area contributed by atoms with Crippen LogP contribution < -0.4 is 10.6 Å². The molecule has 1 aromatic heterocycles. The summed E-state index contributed by atoms with van der Waals surface area (Å²) in [5.41, 5.74) is 4.98. The predicted molar refractivity (Wildman–Crippen MR) is 103 cm³/mol. The molecule has 1 atom stereocenters. The molecule has 1 aromatic rings. The van der Waals surface area contributed by atoms with Crippen molar-refractivity contribution in [2.75, 3.05) is 13.1 Å². The largest absolute Gasteiger partial charge is 0.382 e. The van der Waals surface area contributed by atoms with E-state index >= 15 is 0 Å². The van der Waals surface area contributed by atoms with Crippen LogP contribution in [0.3, 0.4) is 0 Å². The van der Waals surface area contributed by atoms with Gasteiger partial charge in [0.2, 0.25) is 0 Å². The number of nitrogens with one attached hydrogen (secondary N) is 2. The van der Waals surface area contributed by atoms with Gasteiger partial charge in [0.15, 0.2) is 0 Å². The van der Waals surface area contributed by atoms with Crippen molar-refractivity contribution in [2.24, 2.45) is 10.4 Å². The first-order valence-electron chi connectivity index (χ1n) is 9.18. The van der Waals surface area contributed by atoms with Gasteiger partial charge in [-0.1, -0.05) is 13.0 Å². The van der Waals surface area contributed by atoms with Crippen LogP contribution in [0.2, 0.25) is 0 Å². The molecule has 1 unspecified atom stereocenters. The maximum atomic E-state index is 9.20. The van der Waals surface area contributed by atoms with E-state index in [2.05, 4.69) is 45.8 Å². The monoisotopic (exact) mass is 345 g/mol. The molecular weight excluding hydrogens is 322 g/mol. The molecule has 0 amide bonds. The highest BCUT2D eigenvalue weighted by Gasteiger charge is 2.34. The van der Waals surface area contributed by atoms with Gasteiger partial charge in [-0.25, -0.2) is 0 Å². The quantitative estimate of drug-likeness (QED) is 0.883. The van der Waals surface area contributed by atoms with Crippen molar-refractivity contribution >= 4 is 11.8 Å². The Morgan fingerprint density at radius 3 is 2.96 bits per heavy atom. The molecule has 0 bridgehead atoms. The number of hydrogen-bond donors (Lipinski definition) is 2. The minimum Gasteiger partial charge on any atom is -0.382 e. The molecule has 0 aromatic carbocycles. The van der Waals surface area contributed by atoms with E-state index in [1.165, 1.54) is 5.57 Å². The highest BCUT2D eigenvalue weighted by molar-refractivity contribution is 5.81. The first kappa shape index (κ1) is 16.7. The highest BCUT2D eigenvalue weighted by Crippen LogP contribution is 2.44. The van der Waals surface area contributed by atoms with Crippen LogP contribution in [-0.2, 0) is 0 Å². The topological polar surface area (TPSA) is 73.1 Å². The fraction of sp³-hybridized carbons (Fsp3) is 0.381. The van der Waals surface area contributed by atoms with Crippen molar-refractivity contribution in [3.8, 4) is 6.07 Å². The summed E-state index contributed by atoms with van der Waals surface area (Å²) in [5.74, 6) is 0. The minimum atomic E-state index is -0.0935. The van der Waals surface area contributed by atoms with Gasteiger partial charge in [0.05, 0.1) is 5.56 Å². The fourth-order valence-electron chi connectivity index (χ4n) is 3.89. The van der Waals surface area contributed by atoms with Gasteiger partial charge in [0, 0.05) is 53.1 Å². The second kappa shape index (κ2) is 6.89. The molecule has 2 N–H and O–H groups in total. The Bertz CT molecular complexity index is 865. The highest BCUT2D eigenvalue weighted by atomic mass is 15.0. The molecule has 4 rings (SSSR count). The fourth-order valence-corrected chi connectivity index (χ4v) is 3.89. The first-order valence-corrected chi connectivity index (χ1v) is 9.18. The molecule has 0 spiro atoms. The zero-order valence-corrected chi connectivity index (χ0v) is 15.0. The Morgan fingerprint density at radius 1 is 1.31 bits per heavy atom. The minimum absolute atomic E-state index is 0.0935. The lowest BCUT2D eigenvalue weighted by atomic mass is 9.72. The number of nitrogens with zero attached hydrogens (tertiary/aromatic N) is 3. The maximum Gasteiger partial charge on any atom is 0.101 e. The lowest BCUT2D eigenvalue weighted by Gasteiger charge is -2.37. The summed E-state index contributed by atoms with van der Waals surface area (Å²) in [4.78, 5) is 8.65. The van der Waals surface area contributed by atoms with Crippen LogP contribution in [0.25, 0.3) is 5.57 Å². The number of rotatable bonds is 3. The van der Waals surface area contributed by atoms with Crippen LogP contribution >= 0.6 is 0 Å². The molecule has 1 saturated heterocycles. The average molecular weight is 345 g/mol. The number of pyridine rings is 1. The summed E-state index contributed by atoms with van der Waals surface area (Å²) in [7, 11) is 0. The smallest absolute Gasteiger partial charge is 0.101 e. The summed E-state index contributed by atoms with van der Waals surface area (Å²) in [6.07, 6.45) is 15.0. The van der Waals surface area contributed by atoms with Crippen molar-refractivity contribution < 1.29 is 0 Å². The van der Waals surface area contributed by atoms with E-state index < -0.39 is 0 Å². The van der Waals surface area contributed by atoms with Gasteiger partial charge in [-0.05, 0) is 50.1 Å². The third-order valence-corrected chi connectivity index (χ3v) is 5.40. The van der Waals surface area contributed by atoms with Gasteiger partial charge >= 0.3 is 0 Å². The summed E-state index contributed by atoms with van der Waals surface area (Å²) < 4.78 is 0. The number of aliphatic imine (C=N–C) groups is 1. The zero-order chi connectivity index (χ0) is 18.0. The van der Waals surface area contributed by atoms with Gasteiger partial charge in [0.1, 0.15) is 6.07 Å². The Labute approximate surface area is 154 Å². The first-order chi connectivity index (χ1) is 12.7. The van der Waals surface area contributed by atoms with E-state index in [4.69, 9.17) is 0 Å². The van der Waals surface area contributed by atoms with E-state index in [-0.39, 0.29) is 5.41 Å². The van der Waals surface area contributed by atoms with Crippen LogP contribution in [0.4, 0.5) is 0 Å². The Kier molecular flexibility index (Phi) is 4.44. The molecule has 1 fully saturated rings. The third-order valence-electron chi connectivity index (χ3n) is 5.40. The molecule has 5 nitrogen and oxygen atoms in total. The third kappa shape index (κ3) is 3.21. The average Bonchev–Trinajstić information content (AvgIpc) is 2.68. The van der Waals surface area contributed by atoms with Gasteiger partial charge in [-0.15, -0.1) is 0 Å². The van der Waals surface area contributed by atoms with Crippen molar-refractivity contribution in [1.29, 1.82) is 5.26 Å². The lowest BCUT2D eigenvalue weighted by Crippen LogP contribution is -2.41. The van der Waals surface area contributed by atoms with Crippen LogP contribution in [0.15, 0.2) is 53.1 Å². The molecule has 0 radical (unpaired) electrons. The molecular formula is C21H23N5. The number of nitriles is 1. The Balaban J connectivity index is 1.72. The normalized spacial score (nSPS) is 25.5. The van der Waals surface area contributed by atoms with Gasteiger partial charge in [0.25, 0.3) is 0 Å². The van der Waals surface area contributed by atoms with Crippen LogP contribution in [0.1, 0.15) is 37.3 Å². The summed E-state index contributed by atoms with van der Waals surface area (Å²) in [5, 5.41) is 16.4. The predicted octanol–water partition coefficient (Wildman–Crippen LogP) is 2.94. The van der Waals surface area contributed by atoms with Crippen LogP contribution in [0.5, 0.6) is 0 Å². The Hall–Kier alpha value is -2.71. The molecule has 0 saturated carbocycles. The maximum absolute atomic E-state index is 9.20. The van der Waals surface area contributed by atoms with Gasteiger partial charge in [-0.2, -0.15) is 5.26 Å². The second-order valence-electron chi connectivity index (χ2n) is 7.40. The number of fused-ring (bicyclic) bond motifs is 1. The number of piperidine rings is 1. The molecule has 132 valence electrons. The van der Waals surface area contributed by atoms with E-state index in [0.29, 0.717) is 11.6 Å². The van der Waals surface area contributed by atoms with Gasteiger partial charge in [-0.3, -0.25) is 9.98 Å². The van der Waals surface area contributed by atoms with Crippen LogP contribution in [-0.4, -0.2) is 30.3 Å². The van der Waals surface area contributed by atoms with Gasteiger partial charge < -0.3 is 10.6 Å². The molecule has 3 heterocycles. The molecule has 2 aliphatic heterocycles. The second-order valence-corrected chi connectivity index (χ2v) is 7.40. The van der Waals surface area contributed by atoms with Crippen molar-refractivity contribution in [1.82, 2.24) is 15.6 Å². The molecule has 1 aliphatic carbocycles. The van der Waals surface area contributed by atoms with E-state index in [0.717, 1.165) is 49.2 Å². The molecule has 26 heavy (non-hydrogen) atoms. The van der Waals surface area contributed by atoms with Crippen LogP contribution in [0, 0.1) is 16.7 Å². The molecule has 5 heteroatoms. The van der Waals surface area contributed by atoms with E-state index in [9.17, 15) is 5.26 Å². The van der Waals surface area contributed by atoms with Crippen molar-refractivity contribution in [3.63, 3.8) is 0 Å². The standard InChI is InChI=1S/C21H23N5/c1-21-4-7-24-14-19(21)20(26-18-2-5-23-6-3-18)9-16(10-21)17-8-15(11-22)12-25-13-17/h7-10,12-14,18,23,26H,2-6H2,1H3. The SMILES string of the molecule is CC12C=C(c3cncc(C#N)c3)C=C(NC3CCNCC3)C1=CN=CC2. The zero-order valence-electron chi connectivity index (χ0n) is 15.0. The van der Waals surface area contributed by atoms with E-state index in [1.807, 2.05) is 24.7 Å². The summed E-state index contributed by atoms with van der Waals surface area (Å²) in [6, 6.07) is 4.57. The summed E-state index contributed by atoms with van der Waals surface area (Å²) in [6.45, 7) is 4.36. The number of aromatic nitrogens is 1. The summed E-state index contributed by atoms with van der Waals surface area (Å²) >= 11 is 0. The lowest BCUT2D eigenvalue weighted by molar-refractivity contribution is 0.405.